The molecule has 6 rings (SSSR count). The molecular weight excluding hydrogens is 392 g/mol. The second kappa shape index (κ2) is 7.70. The molecule has 1 aromatic heterocycles. The molecule has 7 nitrogen and oxygen atoms in total. The van der Waals surface area contributed by atoms with E-state index >= 15 is 0 Å². The maximum Gasteiger partial charge on any atom is 0.271 e. The third-order valence-corrected chi connectivity index (χ3v) is 7.60. The summed E-state index contributed by atoms with van der Waals surface area (Å²) in [7, 11) is 1.87. The normalized spacial score (nSPS) is 28.5. The number of hydrogen-bond acceptors (Lipinski definition) is 3. The standard InChI is InChI=1S/C24H30N4O3/c1-28-14-19(18-4-2-3-5-20(18)28)23(31)27-26-22(30)13-25-21(29)12-24-9-15-6-16(10-24)8-17(7-15)11-24/h2-5,14-17H,6-13H2,1H3,(H,25,29)(H,26,30)(H,27,31). The Hall–Kier alpha value is -2.83. The van der Waals surface area contributed by atoms with Crippen molar-refractivity contribution in [2.75, 3.05) is 6.54 Å². The number of para-hydroxylation sites is 1. The zero-order valence-corrected chi connectivity index (χ0v) is 17.9. The fraction of sp³-hybridized carbons (Fsp3) is 0.542. The lowest BCUT2D eigenvalue weighted by Crippen LogP contribution is -2.49. The van der Waals surface area contributed by atoms with Crippen LogP contribution in [-0.2, 0) is 16.6 Å². The van der Waals surface area contributed by atoms with Crippen LogP contribution in [0, 0.1) is 23.2 Å². The molecule has 0 saturated heterocycles. The molecule has 1 heterocycles. The molecule has 4 aliphatic carbocycles. The van der Waals surface area contributed by atoms with E-state index in [-0.39, 0.29) is 23.8 Å². The van der Waals surface area contributed by atoms with Crippen molar-refractivity contribution in [3.05, 3.63) is 36.0 Å². The molecule has 0 atom stereocenters. The van der Waals surface area contributed by atoms with Crippen molar-refractivity contribution >= 4 is 28.6 Å². The highest BCUT2D eigenvalue weighted by atomic mass is 16.2. The second-order valence-electron chi connectivity index (χ2n) is 10.0. The summed E-state index contributed by atoms with van der Waals surface area (Å²) in [5.74, 6) is 1.51. The monoisotopic (exact) mass is 422 g/mol. The predicted molar refractivity (Wildman–Crippen MR) is 117 cm³/mol. The van der Waals surface area contributed by atoms with Crippen LogP contribution < -0.4 is 16.2 Å². The topological polar surface area (TPSA) is 92.2 Å². The van der Waals surface area contributed by atoms with Crippen LogP contribution in [0.3, 0.4) is 0 Å². The van der Waals surface area contributed by atoms with Crippen LogP contribution in [0.15, 0.2) is 30.5 Å². The summed E-state index contributed by atoms with van der Waals surface area (Å²) in [5.41, 5.74) is 6.44. The van der Waals surface area contributed by atoms with Gasteiger partial charge in [-0.2, -0.15) is 0 Å². The summed E-state index contributed by atoms with van der Waals surface area (Å²) in [5, 5.41) is 3.57. The molecule has 1 aromatic carbocycles. The lowest BCUT2D eigenvalue weighted by molar-refractivity contribution is -0.132. The molecular formula is C24H30N4O3. The molecule has 164 valence electrons. The SMILES string of the molecule is Cn1cc(C(=O)NNC(=O)CNC(=O)CC23CC4CC(CC(C4)C2)C3)c2ccccc21. The Bertz CT molecular complexity index is 1010. The van der Waals surface area contributed by atoms with Gasteiger partial charge in [0, 0.05) is 30.6 Å². The molecule has 7 heteroatoms. The Morgan fingerprint density at radius 1 is 0.968 bits per heavy atom. The molecule has 0 unspecified atom stereocenters. The summed E-state index contributed by atoms with van der Waals surface area (Å²) < 4.78 is 1.87. The van der Waals surface area contributed by atoms with Gasteiger partial charge in [0.1, 0.15) is 0 Å². The molecule has 0 spiro atoms. The first-order valence-corrected chi connectivity index (χ1v) is 11.3. The summed E-state index contributed by atoms with van der Waals surface area (Å²) >= 11 is 0. The Balaban J connectivity index is 1.10. The van der Waals surface area contributed by atoms with Crippen LogP contribution in [0.5, 0.6) is 0 Å². The highest BCUT2D eigenvalue weighted by molar-refractivity contribution is 6.07. The minimum absolute atomic E-state index is 0.0579. The molecule has 3 amide bonds. The van der Waals surface area contributed by atoms with E-state index in [0.717, 1.165) is 28.7 Å². The fourth-order valence-electron chi connectivity index (χ4n) is 6.85. The third-order valence-electron chi connectivity index (χ3n) is 7.60. The number of hydrogen-bond donors (Lipinski definition) is 3. The Labute approximate surface area is 181 Å². The van der Waals surface area contributed by atoms with Crippen LogP contribution in [0.2, 0.25) is 0 Å². The first kappa shape index (κ1) is 20.1. The van der Waals surface area contributed by atoms with E-state index in [1.807, 2.05) is 35.9 Å². The van der Waals surface area contributed by atoms with Crippen molar-refractivity contribution in [1.29, 1.82) is 0 Å². The largest absolute Gasteiger partial charge is 0.350 e. The number of aryl methyl sites for hydroxylation is 1. The van der Waals surface area contributed by atoms with E-state index in [1.54, 1.807) is 6.20 Å². The van der Waals surface area contributed by atoms with E-state index in [4.69, 9.17) is 0 Å². The minimum atomic E-state index is -0.438. The van der Waals surface area contributed by atoms with Crippen molar-refractivity contribution < 1.29 is 14.4 Å². The number of hydrazine groups is 1. The summed E-state index contributed by atoms with van der Waals surface area (Å²) in [4.78, 5) is 37.2. The molecule has 3 N–H and O–H groups in total. The van der Waals surface area contributed by atoms with Crippen molar-refractivity contribution in [3.8, 4) is 0 Å². The van der Waals surface area contributed by atoms with Crippen LogP contribution in [0.4, 0.5) is 0 Å². The number of nitrogens with zero attached hydrogens (tertiary/aromatic N) is 1. The van der Waals surface area contributed by atoms with Crippen molar-refractivity contribution in [2.45, 2.75) is 44.9 Å². The van der Waals surface area contributed by atoms with Gasteiger partial charge in [-0.1, -0.05) is 18.2 Å². The van der Waals surface area contributed by atoms with Gasteiger partial charge in [0.05, 0.1) is 12.1 Å². The molecule has 4 aliphatic rings. The lowest BCUT2D eigenvalue weighted by Gasteiger charge is -2.56. The van der Waals surface area contributed by atoms with Gasteiger partial charge in [0.2, 0.25) is 5.91 Å². The Kier molecular flexibility index (Phi) is 4.99. The average Bonchev–Trinajstić information content (AvgIpc) is 3.06. The van der Waals surface area contributed by atoms with Crippen LogP contribution in [-0.4, -0.2) is 28.8 Å². The Morgan fingerprint density at radius 2 is 1.61 bits per heavy atom. The maximum absolute atomic E-state index is 12.6. The van der Waals surface area contributed by atoms with Crippen molar-refractivity contribution in [1.82, 2.24) is 20.7 Å². The number of benzene rings is 1. The number of aromatic nitrogens is 1. The molecule has 0 radical (unpaired) electrons. The van der Waals surface area contributed by atoms with Gasteiger partial charge in [-0.3, -0.25) is 25.2 Å². The van der Waals surface area contributed by atoms with E-state index in [0.29, 0.717) is 12.0 Å². The van der Waals surface area contributed by atoms with E-state index in [1.165, 1.54) is 38.5 Å². The van der Waals surface area contributed by atoms with Crippen LogP contribution in [0.25, 0.3) is 10.9 Å². The smallest absolute Gasteiger partial charge is 0.271 e. The van der Waals surface area contributed by atoms with Crippen LogP contribution in [0.1, 0.15) is 55.3 Å². The fourth-order valence-corrected chi connectivity index (χ4v) is 6.85. The molecule has 4 saturated carbocycles. The highest BCUT2D eigenvalue weighted by Gasteiger charge is 2.51. The molecule has 2 aromatic rings. The first-order chi connectivity index (χ1) is 14.9. The quantitative estimate of drug-likeness (QED) is 0.647. The van der Waals surface area contributed by atoms with Gasteiger partial charge in [0.25, 0.3) is 11.8 Å². The number of carbonyl (C=O) groups is 3. The zero-order chi connectivity index (χ0) is 21.6. The van der Waals surface area contributed by atoms with Gasteiger partial charge in [-0.25, -0.2) is 0 Å². The number of fused-ring (bicyclic) bond motifs is 1. The van der Waals surface area contributed by atoms with Crippen LogP contribution >= 0.6 is 0 Å². The Morgan fingerprint density at radius 3 is 2.29 bits per heavy atom. The number of carbonyl (C=O) groups excluding carboxylic acids is 3. The first-order valence-electron chi connectivity index (χ1n) is 11.3. The summed E-state index contributed by atoms with van der Waals surface area (Å²) in [6.07, 6.45) is 9.80. The molecule has 4 fully saturated rings. The third kappa shape index (κ3) is 3.93. The molecule has 4 bridgehead atoms. The van der Waals surface area contributed by atoms with Gasteiger partial charge in [-0.05, 0) is 67.8 Å². The number of rotatable bonds is 5. The summed E-state index contributed by atoms with van der Waals surface area (Å²) in [6, 6.07) is 7.59. The molecule has 0 aliphatic heterocycles. The maximum atomic E-state index is 12.6. The minimum Gasteiger partial charge on any atom is -0.350 e. The van der Waals surface area contributed by atoms with Gasteiger partial charge in [-0.15, -0.1) is 0 Å². The number of nitrogens with one attached hydrogen (secondary N) is 3. The summed E-state index contributed by atoms with van der Waals surface area (Å²) in [6.45, 7) is -0.138. The van der Waals surface area contributed by atoms with Gasteiger partial charge in [0.15, 0.2) is 0 Å². The highest BCUT2D eigenvalue weighted by Crippen LogP contribution is 2.61. The van der Waals surface area contributed by atoms with Gasteiger partial charge >= 0.3 is 0 Å². The van der Waals surface area contributed by atoms with Crippen molar-refractivity contribution in [3.63, 3.8) is 0 Å². The number of amides is 3. The zero-order valence-electron chi connectivity index (χ0n) is 17.9. The molecule has 31 heavy (non-hydrogen) atoms. The predicted octanol–water partition coefficient (Wildman–Crippen LogP) is 2.66. The average molecular weight is 423 g/mol. The van der Waals surface area contributed by atoms with E-state index in [2.05, 4.69) is 16.2 Å². The lowest BCUT2D eigenvalue weighted by atomic mass is 9.49. The van der Waals surface area contributed by atoms with Gasteiger partial charge < -0.3 is 9.88 Å². The van der Waals surface area contributed by atoms with E-state index in [9.17, 15) is 14.4 Å². The van der Waals surface area contributed by atoms with E-state index < -0.39 is 5.91 Å². The second-order valence-corrected chi connectivity index (χ2v) is 10.0. The van der Waals surface area contributed by atoms with Crippen molar-refractivity contribution in [2.24, 2.45) is 30.2 Å².